The molecule has 1 aromatic heterocycles. The first kappa shape index (κ1) is 15.5. The van der Waals surface area contributed by atoms with Gasteiger partial charge in [0, 0.05) is 6.54 Å². The largest absolute Gasteiger partial charge is 0.492 e. The van der Waals surface area contributed by atoms with Gasteiger partial charge in [-0.15, -0.1) is 5.10 Å². The van der Waals surface area contributed by atoms with E-state index in [0.29, 0.717) is 19.7 Å². The molecule has 0 bridgehead atoms. The molecule has 0 fully saturated rings. The minimum Gasteiger partial charge on any atom is -0.492 e. The lowest BCUT2D eigenvalue weighted by atomic mass is 10.1. The van der Waals surface area contributed by atoms with Crippen LogP contribution in [0.5, 0.6) is 5.75 Å². The molecule has 2 rings (SSSR count). The Hall–Kier alpha value is -1.88. The van der Waals surface area contributed by atoms with Crippen LogP contribution in [0.2, 0.25) is 0 Å². The van der Waals surface area contributed by atoms with Gasteiger partial charge in [0.05, 0.1) is 17.9 Å². The minimum absolute atomic E-state index is 0.442. The molecular weight excluding hydrogens is 264 g/mol. The molecule has 21 heavy (non-hydrogen) atoms. The van der Waals surface area contributed by atoms with Crippen molar-refractivity contribution in [2.45, 2.75) is 46.2 Å². The maximum absolute atomic E-state index is 5.75. The van der Waals surface area contributed by atoms with Gasteiger partial charge in [-0.25, -0.2) is 4.68 Å². The van der Waals surface area contributed by atoms with Crippen LogP contribution in [0, 0.1) is 6.92 Å². The lowest BCUT2D eigenvalue weighted by Crippen LogP contribution is -2.13. The summed E-state index contributed by atoms with van der Waals surface area (Å²) in [5.41, 5.74) is 9.00. The summed E-state index contributed by atoms with van der Waals surface area (Å²) in [5.74, 6) is 0.884. The maximum Gasteiger partial charge on any atom is 0.119 e. The Labute approximate surface area is 126 Å². The second kappa shape index (κ2) is 7.78. The van der Waals surface area contributed by atoms with Gasteiger partial charge < -0.3 is 10.5 Å². The van der Waals surface area contributed by atoms with E-state index in [1.807, 2.05) is 28.9 Å². The summed E-state index contributed by atoms with van der Waals surface area (Å²) in [4.78, 5) is 0. The summed E-state index contributed by atoms with van der Waals surface area (Å²) in [5, 5.41) is 8.35. The predicted octanol–water partition coefficient (Wildman–Crippen LogP) is 2.47. The van der Waals surface area contributed by atoms with Crippen molar-refractivity contribution in [3.8, 4) is 5.75 Å². The molecule has 1 heterocycles. The van der Waals surface area contributed by atoms with Crippen molar-refractivity contribution in [3.63, 3.8) is 0 Å². The normalized spacial score (nSPS) is 10.8. The van der Waals surface area contributed by atoms with Crippen molar-refractivity contribution >= 4 is 0 Å². The monoisotopic (exact) mass is 288 g/mol. The lowest BCUT2D eigenvalue weighted by molar-refractivity contribution is 0.287. The van der Waals surface area contributed by atoms with E-state index in [1.54, 1.807) is 0 Å². The summed E-state index contributed by atoms with van der Waals surface area (Å²) < 4.78 is 7.67. The summed E-state index contributed by atoms with van der Waals surface area (Å²) in [6.45, 7) is 5.96. The third-order valence-corrected chi connectivity index (χ3v) is 3.47. The van der Waals surface area contributed by atoms with Gasteiger partial charge in [-0.1, -0.05) is 36.3 Å². The molecule has 114 valence electrons. The highest BCUT2D eigenvalue weighted by Gasteiger charge is 2.11. The van der Waals surface area contributed by atoms with Crippen molar-refractivity contribution < 1.29 is 4.74 Å². The number of ether oxygens (including phenoxy) is 1. The third kappa shape index (κ3) is 4.29. The Balaban J connectivity index is 1.93. The molecule has 0 unspecified atom stereocenters. The quantitative estimate of drug-likeness (QED) is 0.810. The van der Waals surface area contributed by atoms with Crippen molar-refractivity contribution in [1.82, 2.24) is 15.0 Å². The molecule has 2 N–H and O–H groups in total. The van der Waals surface area contributed by atoms with E-state index >= 15 is 0 Å². The fourth-order valence-electron chi connectivity index (χ4n) is 2.21. The van der Waals surface area contributed by atoms with Crippen LogP contribution in [0.1, 0.15) is 36.7 Å². The number of unbranched alkanes of at least 4 members (excludes halogenated alkanes) is 1. The van der Waals surface area contributed by atoms with Gasteiger partial charge in [0.25, 0.3) is 0 Å². The number of nitrogens with zero attached hydrogens (tertiary/aromatic N) is 3. The zero-order valence-corrected chi connectivity index (χ0v) is 12.9. The number of rotatable bonds is 8. The van der Waals surface area contributed by atoms with Gasteiger partial charge in [0.2, 0.25) is 0 Å². The van der Waals surface area contributed by atoms with E-state index in [-0.39, 0.29) is 0 Å². The van der Waals surface area contributed by atoms with Crippen molar-refractivity contribution in [3.05, 3.63) is 41.2 Å². The Kier molecular flexibility index (Phi) is 5.75. The van der Waals surface area contributed by atoms with Crippen LogP contribution in [0.25, 0.3) is 0 Å². The average Bonchev–Trinajstić information content (AvgIpc) is 2.89. The first-order valence-electron chi connectivity index (χ1n) is 7.55. The molecule has 0 atom stereocenters. The van der Waals surface area contributed by atoms with Gasteiger partial charge >= 0.3 is 0 Å². The van der Waals surface area contributed by atoms with Gasteiger partial charge in [0.1, 0.15) is 12.4 Å². The topological polar surface area (TPSA) is 66.0 Å². The van der Waals surface area contributed by atoms with Crippen LogP contribution < -0.4 is 10.5 Å². The Morgan fingerprint density at radius 3 is 2.67 bits per heavy atom. The first-order chi connectivity index (χ1) is 10.2. The highest BCUT2D eigenvalue weighted by molar-refractivity contribution is 5.26. The van der Waals surface area contributed by atoms with E-state index in [0.717, 1.165) is 36.4 Å². The van der Waals surface area contributed by atoms with E-state index in [9.17, 15) is 0 Å². The van der Waals surface area contributed by atoms with Gasteiger partial charge in [-0.3, -0.25) is 0 Å². The number of hydrogen-bond acceptors (Lipinski definition) is 4. The molecule has 0 radical (unpaired) electrons. The van der Waals surface area contributed by atoms with Crippen LogP contribution >= 0.6 is 0 Å². The van der Waals surface area contributed by atoms with E-state index in [1.165, 1.54) is 5.56 Å². The van der Waals surface area contributed by atoms with E-state index in [4.69, 9.17) is 10.5 Å². The zero-order valence-electron chi connectivity index (χ0n) is 12.9. The Morgan fingerprint density at radius 1 is 1.24 bits per heavy atom. The van der Waals surface area contributed by atoms with Crippen molar-refractivity contribution in [1.29, 1.82) is 0 Å². The van der Waals surface area contributed by atoms with Crippen molar-refractivity contribution in [2.24, 2.45) is 5.73 Å². The smallest absolute Gasteiger partial charge is 0.119 e. The van der Waals surface area contributed by atoms with E-state index in [2.05, 4.69) is 24.2 Å². The molecule has 0 aliphatic carbocycles. The zero-order chi connectivity index (χ0) is 15.1. The molecule has 0 spiro atoms. The number of aromatic nitrogens is 3. The summed E-state index contributed by atoms with van der Waals surface area (Å²) in [7, 11) is 0. The average molecular weight is 288 g/mol. The number of benzene rings is 1. The molecule has 5 nitrogen and oxygen atoms in total. The predicted molar refractivity (Wildman–Crippen MR) is 83.2 cm³/mol. The van der Waals surface area contributed by atoms with Crippen molar-refractivity contribution in [2.75, 3.05) is 6.61 Å². The van der Waals surface area contributed by atoms with Gasteiger partial charge in [-0.05, 0) is 31.9 Å². The maximum atomic E-state index is 5.75. The second-order valence-electron chi connectivity index (χ2n) is 5.18. The van der Waals surface area contributed by atoms with Crippen LogP contribution in [0.15, 0.2) is 24.3 Å². The fourth-order valence-corrected chi connectivity index (χ4v) is 2.21. The van der Waals surface area contributed by atoms with Crippen LogP contribution in [0.3, 0.4) is 0 Å². The minimum atomic E-state index is 0.442. The summed E-state index contributed by atoms with van der Waals surface area (Å²) in [6, 6.07) is 8.06. The molecule has 0 aliphatic rings. The molecule has 0 saturated heterocycles. The standard InChI is InChI=1S/C16H24N4O/c1-3-4-5-16-15(12-17)18-19-20(16)10-11-21-14-8-6-13(2)7-9-14/h6-9H,3-5,10-12,17H2,1-2H3. The molecule has 0 aliphatic heterocycles. The molecule has 5 heteroatoms. The van der Waals surface area contributed by atoms with Gasteiger partial charge in [-0.2, -0.15) is 0 Å². The van der Waals surface area contributed by atoms with Gasteiger partial charge in [0.15, 0.2) is 0 Å². The highest BCUT2D eigenvalue weighted by atomic mass is 16.5. The van der Waals surface area contributed by atoms with Crippen LogP contribution in [0.4, 0.5) is 0 Å². The molecule has 0 saturated carbocycles. The molecular formula is C16H24N4O. The number of aryl methyl sites for hydroxylation is 1. The van der Waals surface area contributed by atoms with Crippen LogP contribution in [-0.2, 0) is 19.5 Å². The Morgan fingerprint density at radius 2 is 2.00 bits per heavy atom. The number of hydrogen-bond donors (Lipinski definition) is 1. The number of nitrogens with two attached hydrogens (primary N) is 1. The summed E-state index contributed by atoms with van der Waals surface area (Å²) >= 11 is 0. The molecule has 2 aromatic rings. The second-order valence-corrected chi connectivity index (χ2v) is 5.18. The highest BCUT2D eigenvalue weighted by Crippen LogP contribution is 2.12. The van der Waals surface area contributed by atoms with Crippen LogP contribution in [-0.4, -0.2) is 21.6 Å². The molecule has 0 amide bonds. The SMILES string of the molecule is CCCCc1c(CN)nnn1CCOc1ccc(C)cc1. The fraction of sp³-hybridized carbons (Fsp3) is 0.500. The lowest BCUT2D eigenvalue weighted by Gasteiger charge is -2.09. The Bertz CT molecular complexity index is 548. The third-order valence-electron chi connectivity index (χ3n) is 3.47. The summed E-state index contributed by atoms with van der Waals surface area (Å²) in [6.07, 6.45) is 3.24. The van der Waals surface area contributed by atoms with E-state index < -0.39 is 0 Å². The molecule has 1 aromatic carbocycles. The first-order valence-corrected chi connectivity index (χ1v) is 7.55.